The van der Waals surface area contributed by atoms with Gasteiger partial charge in [-0.1, -0.05) is 37.3 Å². The summed E-state index contributed by atoms with van der Waals surface area (Å²) in [5.74, 6) is 1.14. The second-order valence-corrected chi connectivity index (χ2v) is 5.24. The zero-order chi connectivity index (χ0) is 12.1. The van der Waals surface area contributed by atoms with E-state index in [4.69, 9.17) is 5.11 Å². The second-order valence-electron chi connectivity index (χ2n) is 5.24. The van der Waals surface area contributed by atoms with Gasteiger partial charge in [-0.3, -0.25) is 0 Å². The van der Waals surface area contributed by atoms with Crippen molar-refractivity contribution in [2.45, 2.75) is 25.7 Å². The summed E-state index contributed by atoms with van der Waals surface area (Å²) in [5.41, 5.74) is 1.43. The molecule has 17 heavy (non-hydrogen) atoms. The van der Waals surface area contributed by atoms with Gasteiger partial charge in [0.25, 0.3) is 0 Å². The molecular weight excluding hydrogens is 210 g/mol. The third-order valence-electron chi connectivity index (χ3n) is 3.87. The summed E-state index contributed by atoms with van der Waals surface area (Å²) in [5, 5.41) is 9.12. The summed E-state index contributed by atoms with van der Waals surface area (Å²) in [6, 6.07) is 10.7. The number of hydrogen-bond acceptors (Lipinski definition) is 2. The van der Waals surface area contributed by atoms with E-state index in [1.807, 2.05) is 0 Å². The fraction of sp³-hybridized carbons (Fsp3) is 0.600. The van der Waals surface area contributed by atoms with Crippen molar-refractivity contribution in [3.8, 4) is 0 Å². The highest BCUT2D eigenvalue weighted by Crippen LogP contribution is 2.21. The summed E-state index contributed by atoms with van der Waals surface area (Å²) in [6.45, 7) is 6.09. The van der Waals surface area contributed by atoms with Crippen LogP contribution in [0.3, 0.4) is 0 Å². The molecule has 0 spiro atoms. The lowest BCUT2D eigenvalue weighted by Crippen LogP contribution is -2.36. The van der Waals surface area contributed by atoms with Gasteiger partial charge in [0, 0.05) is 13.2 Å². The summed E-state index contributed by atoms with van der Waals surface area (Å²) in [7, 11) is 0. The van der Waals surface area contributed by atoms with Crippen LogP contribution in [-0.2, 0) is 0 Å². The third-order valence-corrected chi connectivity index (χ3v) is 3.87. The molecule has 2 rings (SSSR count). The number of hydrogen-bond donors (Lipinski definition) is 1. The van der Waals surface area contributed by atoms with Gasteiger partial charge in [-0.15, -0.1) is 0 Å². The van der Waals surface area contributed by atoms with Gasteiger partial charge in [0.15, 0.2) is 0 Å². The maximum absolute atomic E-state index is 9.12. The van der Waals surface area contributed by atoms with Gasteiger partial charge >= 0.3 is 0 Å². The fourth-order valence-corrected chi connectivity index (χ4v) is 2.63. The molecule has 0 aliphatic carbocycles. The molecule has 1 fully saturated rings. The highest BCUT2D eigenvalue weighted by Gasteiger charge is 2.19. The molecule has 0 radical (unpaired) electrons. The molecule has 0 aromatic heterocycles. The Labute approximate surface area is 104 Å². The Bertz CT molecular complexity index is 317. The Morgan fingerprint density at radius 2 is 1.88 bits per heavy atom. The van der Waals surface area contributed by atoms with Crippen molar-refractivity contribution in [2.24, 2.45) is 5.92 Å². The topological polar surface area (TPSA) is 23.5 Å². The molecule has 1 aromatic rings. The molecular formula is C15H23NO. The van der Waals surface area contributed by atoms with E-state index in [0.29, 0.717) is 18.4 Å². The molecule has 0 bridgehead atoms. The summed E-state index contributed by atoms with van der Waals surface area (Å²) >= 11 is 0. The van der Waals surface area contributed by atoms with Crippen molar-refractivity contribution in [1.82, 2.24) is 4.90 Å². The molecule has 1 unspecified atom stereocenters. The van der Waals surface area contributed by atoms with Crippen LogP contribution in [0.1, 0.15) is 31.2 Å². The standard InChI is InChI=1S/C15H23NO/c1-13(15-5-3-2-4-6-15)11-16-9-7-14(12-17)8-10-16/h2-6,13-14,17H,7-12H2,1H3. The van der Waals surface area contributed by atoms with E-state index >= 15 is 0 Å². The van der Waals surface area contributed by atoms with Crippen molar-refractivity contribution in [1.29, 1.82) is 0 Å². The van der Waals surface area contributed by atoms with Crippen LogP contribution < -0.4 is 0 Å². The zero-order valence-electron chi connectivity index (χ0n) is 10.7. The molecule has 1 atom stereocenters. The van der Waals surface area contributed by atoms with Crippen LogP contribution in [0.4, 0.5) is 0 Å². The Kier molecular flexibility index (Phi) is 4.57. The monoisotopic (exact) mass is 233 g/mol. The first-order valence-corrected chi connectivity index (χ1v) is 6.67. The van der Waals surface area contributed by atoms with Crippen LogP contribution in [0, 0.1) is 5.92 Å². The van der Waals surface area contributed by atoms with Gasteiger partial charge in [0.05, 0.1) is 0 Å². The molecule has 1 aliphatic heterocycles. The minimum Gasteiger partial charge on any atom is -0.396 e. The minimum atomic E-state index is 0.363. The lowest BCUT2D eigenvalue weighted by atomic mass is 9.95. The molecule has 94 valence electrons. The number of aliphatic hydroxyl groups is 1. The van der Waals surface area contributed by atoms with Gasteiger partial charge in [-0.25, -0.2) is 0 Å². The number of nitrogens with zero attached hydrogens (tertiary/aromatic N) is 1. The van der Waals surface area contributed by atoms with Gasteiger partial charge in [0.2, 0.25) is 0 Å². The molecule has 2 nitrogen and oxygen atoms in total. The van der Waals surface area contributed by atoms with Crippen LogP contribution in [0.5, 0.6) is 0 Å². The number of benzene rings is 1. The average Bonchev–Trinajstić information content (AvgIpc) is 2.40. The van der Waals surface area contributed by atoms with E-state index in [1.54, 1.807) is 0 Å². The molecule has 0 saturated carbocycles. The number of likely N-dealkylation sites (tertiary alicyclic amines) is 1. The van der Waals surface area contributed by atoms with Gasteiger partial charge < -0.3 is 10.0 Å². The summed E-state index contributed by atoms with van der Waals surface area (Å²) in [6.07, 6.45) is 2.30. The number of aliphatic hydroxyl groups excluding tert-OH is 1. The normalized spacial score (nSPS) is 20.4. The second kappa shape index (κ2) is 6.18. The Morgan fingerprint density at radius 3 is 2.47 bits per heavy atom. The Balaban J connectivity index is 1.82. The molecule has 1 aromatic carbocycles. The highest BCUT2D eigenvalue weighted by atomic mass is 16.3. The van der Waals surface area contributed by atoms with Crippen LogP contribution in [0.2, 0.25) is 0 Å². The number of piperidine rings is 1. The van der Waals surface area contributed by atoms with E-state index in [0.717, 1.165) is 32.5 Å². The van der Waals surface area contributed by atoms with Crippen molar-refractivity contribution in [2.75, 3.05) is 26.2 Å². The molecule has 1 saturated heterocycles. The smallest absolute Gasteiger partial charge is 0.0460 e. The molecule has 0 amide bonds. The van der Waals surface area contributed by atoms with E-state index in [-0.39, 0.29) is 0 Å². The van der Waals surface area contributed by atoms with Crippen LogP contribution in [0.25, 0.3) is 0 Å². The Morgan fingerprint density at radius 1 is 1.24 bits per heavy atom. The van der Waals surface area contributed by atoms with Gasteiger partial charge in [-0.05, 0) is 43.3 Å². The third kappa shape index (κ3) is 3.55. The average molecular weight is 233 g/mol. The van der Waals surface area contributed by atoms with Crippen LogP contribution in [0.15, 0.2) is 30.3 Å². The highest BCUT2D eigenvalue weighted by molar-refractivity contribution is 5.19. The minimum absolute atomic E-state index is 0.363. The van der Waals surface area contributed by atoms with Crippen molar-refractivity contribution in [3.05, 3.63) is 35.9 Å². The zero-order valence-corrected chi connectivity index (χ0v) is 10.7. The predicted octanol–water partition coefficient (Wildman–Crippen LogP) is 2.49. The summed E-state index contributed by atoms with van der Waals surface area (Å²) in [4.78, 5) is 2.53. The first-order chi connectivity index (χ1) is 8.29. The number of rotatable bonds is 4. The molecule has 2 heteroatoms. The quantitative estimate of drug-likeness (QED) is 0.863. The largest absolute Gasteiger partial charge is 0.396 e. The van der Waals surface area contributed by atoms with Gasteiger partial charge in [0.1, 0.15) is 0 Å². The molecule has 1 N–H and O–H groups in total. The fourth-order valence-electron chi connectivity index (χ4n) is 2.63. The van der Waals surface area contributed by atoms with Crippen molar-refractivity contribution < 1.29 is 5.11 Å². The maximum atomic E-state index is 9.12. The molecule has 1 heterocycles. The van der Waals surface area contributed by atoms with Crippen LogP contribution in [-0.4, -0.2) is 36.2 Å². The predicted molar refractivity (Wildman–Crippen MR) is 71.1 cm³/mol. The van der Waals surface area contributed by atoms with Gasteiger partial charge in [-0.2, -0.15) is 0 Å². The maximum Gasteiger partial charge on any atom is 0.0460 e. The van der Waals surface area contributed by atoms with Crippen LogP contribution >= 0.6 is 0 Å². The van der Waals surface area contributed by atoms with E-state index in [1.165, 1.54) is 5.56 Å². The first-order valence-electron chi connectivity index (χ1n) is 6.67. The van der Waals surface area contributed by atoms with E-state index in [2.05, 4.69) is 42.2 Å². The Hall–Kier alpha value is -0.860. The SMILES string of the molecule is CC(CN1CCC(CO)CC1)c1ccccc1. The van der Waals surface area contributed by atoms with E-state index < -0.39 is 0 Å². The first kappa shape index (κ1) is 12.6. The van der Waals surface area contributed by atoms with Crippen molar-refractivity contribution in [3.63, 3.8) is 0 Å². The van der Waals surface area contributed by atoms with E-state index in [9.17, 15) is 0 Å². The summed E-state index contributed by atoms with van der Waals surface area (Å²) < 4.78 is 0. The lowest BCUT2D eigenvalue weighted by Gasteiger charge is -2.32. The molecule has 1 aliphatic rings. The lowest BCUT2D eigenvalue weighted by molar-refractivity contribution is 0.128. The van der Waals surface area contributed by atoms with Crippen molar-refractivity contribution >= 4 is 0 Å².